The highest BCUT2D eigenvalue weighted by atomic mass is 35.5. The Labute approximate surface area is 139 Å². The summed E-state index contributed by atoms with van der Waals surface area (Å²) >= 11 is 7.42. The molecule has 0 radical (unpaired) electrons. The lowest BCUT2D eigenvalue weighted by Crippen LogP contribution is -2.20. The van der Waals surface area contributed by atoms with E-state index in [4.69, 9.17) is 21.1 Å². The van der Waals surface area contributed by atoms with Crippen molar-refractivity contribution in [2.24, 2.45) is 0 Å². The van der Waals surface area contributed by atoms with Gasteiger partial charge in [0.25, 0.3) is 0 Å². The minimum Gasteiger partial charge on any atom is -0.494 e. The zero-order valence-electron chi connectivity index (χ0n) is 12.2. The molecule has 0 aliphatic rings. The molecule has 0 saturated carbocycles. The number of aromatic nitrogens is 1. The predicted octanol–water partition coefficient (Wildman–Crippen LogP) is 3.67. The molecular weight excluding hydrogens is 322 g/mol. The van der Waals surface area contributed by atoms with E-state index in [0.717, 1.165) is 5.75 Å². The van der Waals surface area contributed by atoms with Crippen LogP contribution < -0.4 is 9.47 Å². The summed E-state index contributed by atoms with van der Waals surface area (Å²) in [5.41, 5.74) is 0. The lowest BCUT2D eigenvalue weighted by molar-refractivity contribution is 0.126. The number of hydrogen-bond donors (Lipinski definition) is 1. The van der Waals surface area contributed by atoms with E-state index in [0.29, 0.717) is 28.2 Å². The van der Waals surface area contributed by atoms with Crippen LogP contribution in [-0.2, 0) is 0 Å². The molecule has 0 bridgehead atoms. The number of ether oxygens (including phenoxy) is 2. The second kappa shape index (κ2) is 8.88. The molecule has 118 valence electrons. The van der Waals surface area contributed by atoms with Gasteiger partial charge < -0.3 is 14.6 Å². The normalized spacial score (nSPS) is 12.0. The number of thioether (sulfide) groups is 1. The van der Waals surface area contributed by atoms with Crippen LogP contribution in [0.3, 0.4) is 0 Å². The van der Waals surface area contributed by atoms with Crippen molar-refractivity contribution in [2.45, 2.75) is 18.1 Å². The molecule has 1 N–H and O–H groups in total. The Morgan fingerprint density at radius 3 is 2.50 bits per heavy atom. The number of rotatable bonds is 8. The average Bonchev–Trinajstić information content (AvgIpc) is 2.54. The highest BCUT2D eigenvalue weighted by Gasteiger charge is 2.09. The van der Waals surface area contributed by atoms with Crippen molar-refractivity contribution < 1.29 is 14.6 Å². The van der Waals surface area contributed by atoms with Gasteiger partial charge in [-0.2, -0.15) is 0 Å². The molecule has 6 heteroatoms. The van der Waals surface area contributed by atoms with Crippen LogP contribution in [0.15, 0.2) is 47.6 Å². The van der Waals surface area contributed by atoms with E-state index in [9.17, 15) is 5.11 Å². The van der Waals surface area contributed by atoms with Gasteiger partial charge in [0.2, 0.25) is 0 Å². The van der Waals surface area contributed by atoms with E-state index in [1.807, 2.05) is 31.2 Å². The van der Waals surface area contributed by atoms with E-state index in [1.165, 1.54) is 11.8 Å². The predicted molar refractivity (Wildman–Crippen MR) is 89.1 cm³/mol. The van der Waals surface area contributed by atoms with Crippen molar-refractivity contribution in [1.29, 1.82) is 0 Å². The number of aliphatic hydroxyl groups is 1. The number of nitrogens with zero attached hydrogens (tertiary/aromatic N) is 1. The van der Waals surface area contributed by atoms with Crippen molar-refractivity contribution in [1.82, 2.24) is 4.98 Å². The summed E-state index contributed by atoms with van der Waals surface area (Å²) in [6.45, 7) is 2.78. The maximum absolute atomic E-state index is 9.96. The van der Waals surface area contributed by atoms with Gasteiger partial charge in [0, 0.05) is 11.9 Å². The summed E-state index contributed by atoms with van der Waals surface area (Å²) in [5, 5.41) is 11.3. The van der Waals surface area contributed by atoms with Gasteiger partial charge >= 0.3 is 0 Å². The number of aliphatic hydroxyl groups excluding tert-OH is 1. The SMILES string of the molecule is CCOc1ccc(OCC(O)CSc2ncccc2Cl)cc1. The summed E-state index contributed by atoms with van der Waals surface area (Å²) < 4.78 is 10.9. The Morgan fingerprint density at radius 1 is 1.18 bits per heavy atom. The van der Waals surface area contributed by atoms with Gasteiger partial charge in [-0.1, -0.05) is 11.6 Å². The Hall–Kier alpha value is -1.43. The van der Waals surface area contributed by atoms with E-state index in [2.05, 4.69) is 4.98 Å². The lowest BCUT2D eigenvalue weighted by Gasteiger charge is -2.12. The largest absolute Gasteiger partial charge is 0.494 e. The van der Waals surface area contributed by atoms with Gasteiger partial charge in [0.05, 0.1) is 17.7 Å². The molecule has 2 aromatic rings. The molecule has 0 aliphatic heterocycles. The molecule has 1 unspecified atom stereocenters. The van der Waals surface area contributed by atoms with Crippen molar-refractivity contribution in [3.8, 4) is 11.5 Å². The smallest absolute Gasteiger partial charge is 0.119 e. The molecule has 2 rings (SSSR count). The van der Waals surface area contributed by atoms with Crippen LogP contribution in [-0.4, -0.2) is 35.2 Å². The van der Waals surface area contributed by atoms with Crippen LogP contribution in [0.5, 0.6) is 11.5 Å². The number of halogens is 1. The van der Waals surface area contributed by atoms with E-state index >= 15 is 0 Å². The Kier molecular flexibility index (Phi) is 6.83. The summed E-state index contributed by atoms with van der Waals surface area (Å²) in [7, 11) is 0. The van der Waals surface area contributed by atoms with E-state index < -0.39 is 6.10 Å². The third-order valence-electron chi connectivity index (χ3n) is 2.71. The maximum atomic E-state index is 9.96. The number of hydrogen-bond acceptors (Lipinski definition) is 5. The monoisotopic (exact) mass is 339 g/mol. The lowest BCUT2D eigenvalue weighted by atomic mass is 10.3. The van der Waals surface area contributed by atoms with Gasteiger partial charge in [0.15, 0.2) is 0 Å². The third kappa shape index (κ3) is 5.40. The van der Waals surface area contributed by atoms with Gasteiger partial charge in [0.1, 0.15) is 23.1 Å². The van der Waals surface area contributed by atoms with Crippen LogP contribution in [0, 0.1) is 0 Å². The van der Waals surface area contributed by atoms with E-state index in [1.54, 1.807) is 18.3 Å². The highest BCUT2D eigenvalue weighted by Crippen LogP contribution is 2.25. The Bertz CT molecular complexity index is 580. The average molecular weight is 340 g/mol. The molecule has 0 spiro atoms. The maximum Gasteiger partial charge on any atom is 0.119 e. The summed E-state index contributed by atoms with van der Waals surface area (Å²) in [6, 6.07) is 10.9. The van der Waals surface area contributed by atoms with Crippen molar-refractivity contribution >= 4 is 23.4 Å². The van der Waals surface area contributed by atoms with Crippen LogP contribution in [0.2, 0.25) is 5.02 Å². The summed E-state index contributed by atoms with van der Waals surface area (Å²) in [5.74, 6) is 1.97. The van der Waals surface area contributed by atoms with Gasteiger partial charge in [-0.05, 0) is 43.3 Å². The first kappa shape index (κ1) is 16.9. The molecule has 1 aromatic carbocycles. The minimum atomic E-state index is -0.602. The summed E-state index contributed by atoms with van der Waals surface area (Å²) in [6.07, 6.45) is 1.08. The molecular formula is C16H18ClNO3S. The highest BCUT2D eigenvalue weighted by molar-refractivity contribution is 7.99. The molecule has 1 atom stereocenters. The molecule has 22 heavy (non-hydrogen) atoms. The molecule has 4 nitrogen and oxygen atoms in total. The Balaban J connectivity index is 1.75. The van der Waals surface area contributed by atoms with Crippen molar-refractivity contribution in [2.75, 3.05) is 19.0 Å². The quantitative estimate of drug-likeness (QED) is 0.744. The molecule has 0 amide bonds. The standard InChI is InChI=1S/C16H18ClNO3S/c1-2-20-13-5-7-14(8-6-13)21-10-12(19)11-22-16-15(17)4-3-9-18-16/h3-9,12,19H,2,10-11H2,1H3. The molecule has 1 heterocycles. The summed E-state index contributed by atoms with van der Waals surface area (Å²) in [4.78, 5) is 4.16. The van der Waals surface area contributed by atoms with Crippen LogP contribution in [0.1, 0.15) is 6.92 Å². The van der Waals surface area contributed by atoms with E-state index in [-0.39, 0.29) is 6.61 Å². The van der Waals surface area contributed by atoms with Gasteiger partial charge in [-0.25, -0.2) is 4.98 Å². The number of pyridine rings is 1. The fraction of sp³-hybridized carbons (Fsp3) is 0.312. The minimum absolute atomic E-state index is 0.214. The van der Waals surface area contributed by atoms with Crippen LogP contribution in [0.4, 0.5) is 0 Å². The molecule has 0 saturated heterocycles. The van der Waals surface area contributed by atoms with Crippen LogP contribution >= 0.6 is 23.4 Å². The third-order valence-corrected chi connectivity index (χ3v) is 4.28. The fourth-order valence-electron chi connectivity index (χ4n) is 1.69. The topological polar surface area (TPSA) is 51.6 Å². The number of benzene rings is 1. The van der Waals surface area contributed by atoms with Crippen molar-refractivity contribution in [3.05, 3.63) is 47.6 Å². The van der Waals surface area contributed by atoms with Crippen molar-refractivity contribution in [3.63, 3.8) is 0 Å². The second-order valence-corrected chi connectivity index (χ2v) is 5.89. The fourth-order valence-corrected chi connectivity index (χ4v) is 2.76. The van der Waals surface area contributed by atoms with Crippen LogP contribution in [0.25, 0.3) is 0 Å². The second-order valence-electron chi connectivity index (χ2n) is 4.47. The zero-order valence-corrected chi connectivity index (χ0v) is 13.8. The first-order chi connectivity index (χ1) is 10.7. The molecule has 0 fully saturated rings. The van der Waals surface area contributed by atoms with Gasteiger partial charge in [-0.15, -0.1) is 11.8 Å². The molecule has 0 aliphatic carbocycles. The zero-order chi connectivity index (χ0) is 15.8. The molecule has 1 aromatic heterocycles. The first-order valence-corrected chi connectivity index (χ1v) is 8.32. The Morgan fingerprint density at radius 2 is 1.86 bits per heavy atom. The van der Waals surface area contributed by atoms with Gasteiger partial charge in [-0.3, -0.25) is 0 Å². The first-order valence-electron chi connectivity index (χ1n) is 6.96.